The van der Waals surface area contributed by atoms with Gasteiger partial charge in [0.2, 0.25) is 20.0 Å². The van der Waals surface area contributed by atoms with Gasteiger partial charge in [-0.15, -0.1) is 0 Å². The average molecular weight is 482 g/mol. The summed E-state index contributed by atoms with van der Waals surface area (Å²) in [6.07, 6.45) is 0. The van der Waals surface area contributed by atoms with E-state index in [0.29, 0.717) is 29.8 Å². The van der Waals surface area contributed by atoms with E-state index in [2.05, 4.69) is 9.44 Å². The van der Waals surface area contributed by atoms with Crippen LogP contribution < -0.4 is 9.44 Å². The van der Waals surface area contributed by atoms with Gasteiger partial charge in [0.15, 0.2) is 0 Å². The lowest BCUT2D eigenvalue weighted by Crippen LogP contribution is -2.31. The molecule has 0 spiro atoms. The molecule has 0 unspecified atom stereocenters. The SMILES string of the molecule is CCN(CC)C(=O)c1ccc(S(=O)(=O)NCc2ccc(CS(=O)(=O)NC(C)C)cc2)cc1. The molecule has 2 aromatic rings. The van der Waals surface area contributed by atoms with E-state index >= 15 is 0 Å². The highest BCUT2D eigenvalue weighted by Gasteiger charge is 2.17. The second-order valence-corrected chi connectivity index (χ2v) is 11.2. The fraction of sp³-hybridized carbons (Fsp3) is 0.409. The molecule has 0 aliphatic rings. The molecule has 10 heteroatoms. The summed E-state index contributed by atoms with van der Waals surface area (Å²) in [5.74, 6) is -0.284. The lowest BCUT2D eigenvalue weighted by atomic mass is 10.1. The third-order valence-electron chi connectivity index (χ3n) is 4.72. The van der Waals surface area contributed by atoms with Gasteiger partial charge in [-0.05, 0) is 63.1 Å². The van der Waals surface area contributed by atoms with Crippen LogP contribution in [0.2, 0.25) is 0 Å². The zero-order valence-electron chi connectivity index (χ0n) is 18.8. The molecule has 0 saturated heterocycles. The molecule has 32 heavy (non-hydrogen) atoms. The summed E-state index contributed by atoms with van der Waals surface area (Å²) in [5.41, 5.74) is 1.74. The number of amides is 1. The van der Waals surface area contributed by atoms with Gasteiger partial charge in [0.25, 0.3) is 5.91 Å². The standard InChI is InChI=1S/C22H31N3O5S2/c1-5-25(6-2)22(26)20-11-13-21(14-12-20)32(29,30)23-15-18-7-9-19(10-8-18)16-31(27,28)24-17(3)4/h7-14,17,23-24H,5-6,15-16H2,1-4H3. The molecule has 0 atom stereocenters. The molecule has 2 aromatic carbocycles. The Morgan fingerprint density at radius 1 is 0.875 bits per heavy atom. The Kier molecular flexibility index (Phi) is 8.97. The topological polar surface area (TPSA) is 113 Å². The van der Waals surface area contributed by atoms with Gasteiger partial charge >= 0.3 is 0 Å². The van der Waals surface area contributed by atoms with Gasteiger partial charge in [0, 0.05) is 31.2 Å². The smallest absolute Gasteiger partial charge is 0.253 e. The second-order valence-electron chi connectivity index (χ2n) is 7.67. The Labute approximate surface area is 191 Å². The number of hydrogen-bond donors (Lipinski definition) is 2. The molecule has 0 aliphatic carbocycles. The summed E-state index contributed by atoms with van der Waals surface area (Å²) in [5, 5.41) is 0. The van der Waals surface area contributed by atoms with Crippen LogP contribution in [-0.4, -0.2) is 46.8 Å². The van der Waals surface area contributed by atoms with Crippen molar-refractivity contribution in [1.29, 1.82) is 0 Å². The number of carbonyl (C=O) groups excluding carboxylic acids is 1. The highest BCUT2D eigenvalue weighted by Crippen LogP contribution is 2.14. The summed E-state index contributed by atoms with van der Waals surface area (Å²) < 4.78 is 54.3. The molecule has 8 nitrogen and oxygen atoms in total. The lowest BCUT2D eigenvalue weighted by molar-refractivity contribution is 0.0773. The molecular formula is C22H31N3O5S2. The molecule has 0 bridgehead atoms. The summed E-state index contributed by atoms with van der Waals surface area (Å²) >= 11 is 0. The molecule has 2 rings (SSSR count). The van der Waals surface area contributed by atoms with Crippen molar-refractivity contribution in [3.05, 3.63) is 65.2 Å². The monoisotopic (exact) mass is 481 g/mol. The third-order valence-corrected chi connectivity index (χ3v) is 7.68. The van der Waals surface area contributed by atoms with Gasteiger partial charge in [-0.25, -0.2) is 26.3 Å². The maximum Gasteiger partial charge on any atom is 0.253 e. The molecule has 0 heterocycles. The van der Waals surface area contributed by atoms with Crippen molar-refractivity contribution >= 4 is 26.0 Å². The van der Waals surface area contributed by atoms with Crippen molar-refractivity contribution in [2.45, 2.75) is 50.9 Å². The van der Waals surface area contributed by atoms with Crippen molar-refractivity contribution in [2.75, 3.05) is 13.1 Å². The van der Waals surface area contributed by atoms with Gasteiger partial charge in [-0.3, -0.25) is 4.79 Å². The van der Waals surface area contributed by atoms with Crippen LogP contribution in [0.5, 0.6) is 0 Å². The van der Waals surface area contributed by atoms with Gasteiger partial charge < -0.3 is 4.90 Å². The van der Waals surface area contributed by atoms with Crippen LogP contribution in [0.3, 0.4) is 0 Å². The van der Waals surface area contributed by atoms with Crippen molar-refractivity contribution in [2.24, 2.45) is 0 Å². The second kappa shape index (κ2) is 11.0. The van der Waals surface area contributed by atoms with Gasteiger partial charge in [-0.1, -0.05) is 24.3 Å². The molecular weight excluding hydrogens is 450 g/mol. The van der Waals surface area contributed by atoms with E-state index in [9.17, 15) is 21.6 Å². The summed E-state index contributed by atoms with van der Waals surface area (Å²) in [7, 11) is -7.19. The van der Waals surface area contributed by atoms with Crippen LogP contribution >= 0.6 is 0 Å². The number of nitrogens with zero attached hydrogens (tertiary/aromatic N) is 1. The van der Waals surface area contributed by atoms with E-state index in [-0.39, 0.29) is 29.1 Å². The zero-order valence-corrected chi connectivity index (χ0v) is 20.5. The molecule has 0 aliphatic heterocycles. The number of nitrogens with one attached hydrogen (secondary N) is 2. The van der Waals surface area contributed by atoms with Crippen LogP contribution in [0.25, 0.3) is 0 Å². The maximum absolute atomic E-state index is 12.6. The highest BCUT2D eigenvalue weighted by atomic mass is 32.2. The first-order valence-electron chi connectivity index (χ1n) is 10.4. The first-order chi connectivity index (χ1) is 15.0. The van der Waals surface area contributed by atoms with Crippen molar-refractivity contribution in [1.82, 2.24) is 14.3 Å². The van der Waals surface area contributed by atoms with E-state index in [1.807, 2.05) is 13.8 Å². The number of benzene rings is 2. The summed E-state index contributed by atoms with van der Waals surface area (Å²) in [6.45, 7) is 8.49. The number of rotatable bonds is 11. The van der Waals surface area contributed by atoms with Crippen molar-refractivity contribution in [3.63, 3.8) is 0 Å². The van der Waals surface area contributed by atoms with E-state index in [1.165, 1.54) is 24.3 Å². The average Bonchev–Trinajstić information content (AvgIpc) is 2.73. The molecule has 0 radical (unpaired) electrons. The number of carbonyl (C=O) groups is 1. The van der Waals surface area contributed by atoms with Crippen LogP contribution in [0.15, 0.2) is 53.4 Å². The molecule has 1 amide bonds. The third kappa shape index (κ3) is 7.40. The molecule has 0 saturated carbocycles. The van der Waals surface area contributed by atoms with Crippen LogP contribution in [-0.2, 0) is 32.3 Å². The number of sulfonamides is 2. The Morgan fingerprint density at radius 2 is 1.41 bits per heavy atom. The fourth-order valence-electron chi connectivity index (χ4n) is 3.11. The van der Waals surface area contributed by atoms with E-state index < -0.39 is 20.0 Å². The summed E-state index contributed by atoms with van der Waals surface area (Å²) in [6, 6.07) is 12.4. The van der Waals surface area contributed by atoms with E-state index in [0.717, 1.165) is 0 Å². The van der Waals surface area contributed by atoms with E-state index in [1.54, 1.807) is 43.0 Å². The van der Waals surface area contributed by atoms with E-state index in [4.69, 9.17) is 0 Å². The summed E-state index contributed by atoms with van der Waals surface area (Å²) in [4.78, 5) is 14.1. The molecule has 2 N–H and O–H groups in total. The van der Waals surface area contributed by atoms with Gasteiger partial charge in [0.1, 0.15) is 0 Å². The minimum atomic E-state index is -3.77. The Hall–Kier alpha value is -2.27. The van der Waals surface area contributed by atoms with Gasteiger partial charge in [-0.2, -0.15) is 0 Å². The fourth-order valence-corrected chi connectivity index (χ4v) is 5.56. The quantitative estimate of drug-likeness (QED) is 0.512. The van der Waals surface area contributed by atoms with Crippen molar-refractivity contribution in [3.8, 4) is 0 Å². The number of hydrogen-bond acceptors (Lipinski definition) is 5. The predicted molar refractivity (Wildman–Crippen MR) is 125 cm³/mol. The first-order valence-corrected chi connectivity index (χ1v) is 13.6. The normalized spacial score (nSPS) is 12.2. The highest BCUT2D eigenvalue weighted by molar-refractivity contribution is 7.89. The van der Waals surface area contributed by atoms with Crippen LogP contribution in [0, 0.1) is 0 Å². The Bertz CT molecular complexity index is 1110. The molecule has 0 aromatic heterocycles. The van der Waals surface area contributed by atoms with Crippen LogP contribution in [0.1, 0.15) is 49.2 Å². The Balaban J connectivity index is 2.02. The first kappa shape index (κ1) is 26.0. The van der Waals surface area contributed by atoms with Crippen LogP contribution in [0.4, 0.5) is 0 Å². The maximum atomic E-state index is 12.6. The minimum absolute atomic E-state index is 0.0553. The zero-order chi connectivity index (χ0) is 23.9. The lowest BCUT2D eigenvalue weighted by Gasteiger charge is -2.18. The molecule has 0 fully saturated rings. The molecule has 176 valence electrons. The predicted octanol–water partition coefficient (Wildman–Crippen LogP) is 2.47. The Morgan fingerprint density at radius 3 is 1.91 bits per heavy atom. The van der Waals surface area contributed by atoms with Gasteiger partial charge in [0.05, 0.1) is 10.6 Å². The van der Waals surface area contributed by atoms with Crippen molar-refractivity contribution < 1.29 is 21.6 Å². The minimum Gasteiger partial charge on any atom is -0.339 e. The largest absolute Gasteiger partial charge is 0.339 e.